The molecule has 4 rings (SSSR count). The van der Waals surface area contributed by atoms with E-state index in [0.29, 0.717) is 16.9 Å². The van der Waals surface area contributed by atoms with Crippen LogP contribution in [0.15, 0.2) is 47.7 Å². The molecule has 0 aromatic heterocycles. The summed E-state index contributed by atoms with van der Waals surface area (Å²) in [6.07, 6.45) is 1.19. The standard InChI is InChI=1S/C18H15NO6/c1-9-7-14(25-18(9)22)23-8-12-15-11-5-3-4-6-13(11)24-17(15)19(10(2)20)16(12)21/h3-8,14-15,17H,1-2H3/b12-8+. The lowest BCUT2D eigenvalue weighted by molar-refractivity contribution is -0.152. The molecule has 7 heteroatoms. The number of hydrogen-bond acceptors (Lipinski definition) is 6. The molecule has 3 heterocycles. The molecule has 3 unspecified atom stereocenters. The number of esters is 1. The molecule has 3 atom stereocenters. The minimum atomic E-state index is -0.879. The number of ether oxygens (including phenoxy) is 3. The van der Waals surface area contributed by atoms with Gasteiger partial charge < -0.3 is 14.2 Å². The van der Waals surface area contributed by atoms with E-state index in [4.69, 9.17) is 14.2 Å². The predicted octanol–water partition coefficient (Wildman–Crippen LogP) is 1.61. The van der Waals surface area contributed by atoms with E-state index < -0.39 is 36.2 Å². The van der Waals surface area contributed by atoms with Crippen LogP contribution in [-0.2, 0) is 23.9 Å². The molecule has 7 nitrogen and oxygen atoms in total. The van der Waals surface area contributed by atoms with Gasteiger partial charge in [-0.1, -0.05) is 18.2 Å². The maximum absolute atomic E-state index is 12.7. The van der Waals surface area contributed by atoms with Gasteiger partial charge in [0.05, 0.1) is 17.8 Å². The van der Waals surface area contributed by atoms with Crippen LogP contribution in [0.25, 0.3) is 0 Å². The Labute approximate surface area is 143 Å². The number of cyclic esters (lactones) is 1. The fraction of sp³-hybridized carbons (Fsp3) is 0.278. The highest BCUT2D eigenvalue weighted by atomic mass is 16.7. The first-order valence-electron chi connectivity index (χ1n) is 7.82. The van der Waals surface area contributed by atoms with Crippen molar-refractivity contribution in [2.45, 2.75) is 32.3 Å². The summed E-state index contributed by atoms with van der Waals surface area (Å²) in [5.41, 5.74) is 1.55. The predicted molar refractivity (Wildman–Crippen MR) is 83.9 cm³/mol. The van der Waals surface area contributed by atoms with Gasteiger partial charge in [-0.25, -0.2) is 9.69 Å². The van der Waals surface area contributed by atoms with Gasteiger partial charge in [-0.15, -0.1) is 0 Å². The van der Waals surface area contributed by atoms with E-state index >= 15 is 0 Å². The van der Waals surface area contributed by atoms with E-state index in [1.165, 1.54) is 19.3 Å². The molecular formula is C18H15NO6. The molecule has 0 spiro atoms. The number of imide groups is 1. The van der Waals surface area contributed by atoms with Gasteiger partial charge in [0.15, 0.2) is 6.23 Å². The first kappa shape index (κ1) is 15.4. The van der Waals surface area contributed by atoms with E-state index in [1.807, 2.05) is 18.2 Å². The summed E-state index contributed by atoms with van der Waals surface area (Å²) in [4.78, 5) is 37.1. The second-order valence-electron chi connectivity index (χ2n) is 6.05. The van der Waals surface area contributed by atoms with Gasteiger partial charge in [0.1, 0.15) is 5.75 Å². The molecule has 1 saturated heterocycles. The monoisotopic (exact) mass is 341 g/mol. The first-order chi connectivity index (χ1) is 12.0. The zero-order chi connectivity index (χ0) is 17.7. The van der Waals surface area contributed by atoms with Gasteiger partial charge in [-0.2, -0.15) is 0 Å². The van der Waals surface area contributed by atoms with Crippen molar-refractivity contribution in [3.63, 3.8) is 0 Å². The third kappa shape index (κ3) is 2.31. The van der Waals surface area contributed by atoms with Crippen molar-refractivity contribution in [1.82, 2.24) is 4.90 Å². The summed E-state index contributed by atoms with van der Waals surface area (Å²) in [7, 11) is 0. The number of para-hydroxylation sites is 1. The molecule has 0 N–H and O–H groups in total. The average molecular weight is 341 g/mol. The average Bonchev–Trinajstić information content (AvgIpc) is 3.16. The Bertz CT molecular complexity index is 855. The van der Waals surface area contributed by atoms with Gasteiger partial charge in [-0.3, -0.25) is 9.59 Å². The molecule has 0 aliphatic carbocycles. The van der Waals surface area contributed by atoms with Crippen molar-refractivity contribution in [2.75, 3.05) is 0 Å². The summed E-state index contributed by atoms with van der Waals surface area (Å²) in [5, 5.41) is 0. The molecule has 0 radical (unpaired) electrons. The van der Waals surface area contributed by atoms with E-state index in [0.717, 1.165) is 10.5 Å². The molecule has 2 amide bonds. The Morgan fingerprint density at radius 1 is 1.24 bits per heavy atom. The lowest BCUT2D eigenvalue weighted by Crippen LogP contribution is -2.40. The fourth-order valence-corrected chi connectivity index (χ4v) is 3.27. The van der Waals surface area contributed by atoms with Crippen LogP contribution in [0.5, 0.6) is 5.75 Å². The summed E-state index contributed by atoms with van der Waals surface area (Å²) >= 11 is 0. The van der Waals surface area contributed by atoms with E-state index in [2.05, 4.69) is 0 Å². The SMILES string of the molecule is CC(=O)N1C(=O)/C(=C/OC2C=C(C)C(=O)O2)C2c3ccccc3OC21. The first-order valence-corrected chi connectivity index (χ1v) is 7.82. The second kappa shape index (κ2) is 5.47. The van der Waals surface area contributed by atoms with Crippen LogP contribution >= 0.6 is 0 Å². The van der Waals surface area contributed by atoms with Gasteiger partial charge >= 0.3 is 5.97 Å². The van der Waals surface area contributed by atoms with Crippen LogP contribution in [0.2, 0.25) is 0 Å². The highest BCUT2D eigenvalue weighted by molar-refractivity contribution is 6.07. The molecule has 3 aliphatic rings. The highest BCUT2D eigenvalue weighted by Crippen LogP contribution is 2.48. The van der Waals surface area contributed by atoms with Gasteiger partial charge in [0.25, 0.3) is 12.2 Å². The number of fused-ring (bicyclic) bond motifs is 3. The third-order valence-corrected chi connectivity index (χ3v) is 4.44. The topological polar surface area (TPSA) is 82.1 Å². The minimum Gasteiger partial charge on any atom is -0.469 e. The Hall–Kier alpha value is -3.09. The lowest BCUT2D eigenvalue weighted by Gasteiger charge is -2.19. The fourth-order valence-electron chi connectivity index (χ4n) is 3.27. The molecule has 1 aromatic carbocycles. The van der Waals surface area contributed by atoms with Crippen molar-refractivity contribution in [1.29, 1.82) is 0 Å². The molecule has 0 bridgehead atoms. The summed E-state index contributed by atoms with van der Waals surface area (Å²) < 4.78 is 16.3. The Kier molecular flexibility index (Phi) is 3.38. The summed E-state index contributed by atoms with van der Waals surface area (Å²) in [6.45, 7) is 2.93. The maximum atomic E-state index is 12.7. The van der Waals surface area contributed by atoms with Gasteiger partial charge in [0, 0.05) is 24.1 Å². The molecule has 1 aromatic rings. The van der Waals surface area contributed by atoms with Crippen molar-refractivity contribution >= 4 is 17.8 Å². The number of likely N-dealkylation sites (tertiary alicyclic amines) is 1. The molecule has 3 aliphatic heterocycles. The number of rotatable bonds is 2. The Morgan fingerprint density at radius 2 is 2.00 bits per heavy atom. The summed E-state index contributed by atoms with van der Waals surface area (Å²) in [6, 6.07) is 7.31. The van der Waals surface area contributed by atoms with Crippen LogP contribution in [0.1, 0.15) is 25.3 Å². The highest BCUT2D eigenvalue weighted by Gasteiger charge is 2.53. The molecule has 128 valence electrons. The van der Waals surface area contributed by atoms with Crippen LogP contribution in [0.3, 0.4) is 0 Å². The maximum Gasteiger partial charge on any atom is 0.336 e. The molecular weight excluding hydrogens is 326 g/mol. The van der Waals surface area contributed by atoms with Crippen molar-refractivity contribution in [3.05, 3.63) is 53.3 Å². The number of hydrogen-bond donors (Lipinski definition) is 0. The molecule has 25 heavy (non-hydrogen) atoms. The minimum absolute atomic E-state index is 0.291. The number of amides is 2. The van der Waals surface area contributed by atoms with Crippen LogP contribution in [-0.4, -0.2) is 35.2 Å². The Balaban J connectivity index is 1.68. The zero-order valence-electron chi connectivity index (χ0n) is 13.6. The largest absolute Gasteiger partial charge is 0.469 e. The van der Waals surface area contributed by atoms with Crippen molar-refractivity contribution in [3.8, 4) is 5.75 Å². The number of carbonyl (C=O) groups is 3. The quantitative estimate of drug-likeness (QED) is 0.462. The normalized spacial score (nSPS) is 28.4. The summed E-state index contributed by atoms with van der Waals surface area (Å²) in [5.74, 6) is -1.14. The smallest absolute Gasteiger partial charge is 0.336 e. The number of benzene rings is 1. The van der Waals surface area contributed by atoms with Crippen molar-refractivity contribution in [2.24, 2.45) is 0 Å². The van der Waals surface area contributed by atoms with E-state index in [9.17, 15) is 14.4 Å². The molecule has 0 saturated carbocycles. The Morgan fingerprint density at radius 3 is 2.68 bits per heavy atom. The number of nitrogens with zero attached hydrogens (tertiary/aromatic N) is 1. The van der Waals surface area contributed by atoms with Crippen LogP contribution in [0.4, 0.5) is 0 Å². The van der Waals surface area contributed by atoms with Crippen LogP contribution < -0.4 is 4.74 Å². The van der Waals surface area contributed by atoms with Crippen molar-refractivity contribution < 1.29 is 28.6 Å². The van der Waals surface area contributed by atoms with Gasteiger partial charge in [0.2, 0.25) is 5.91 Å². The third-order valence-electron chi connectivity index (χ3n) is 4.44. The number of carbonyl (C=O) groups excluding carboxylic acids is 3. The van der Waals surface area contributed by atoms with Gasteiger partial charge in [-0.05, 0) is 13.0 Å². The van der Waals surface area contributed by atoms with Crippen LogP contribution in [0, 0.1) is 0 Å². The lowest BCUT2D eigenvalue weighted by atomic mass is 9.94. The second-order valence-corrected chi connectivity index (χ2v) is 6.05. The zero-order valence-corrected chi connectivity index (χ0v) is 13.6. The molecule has 1 fully saturated rings. The van der Waals surface area contributed by atoms with E-state index in [1.54, 1.807) is 13.0 Å². The van der Waals surface area contributed by atoms with E-state index in [-0.39, 0.29) is 0 Å².